The van der Waals surface area contributed by atoms with E-state index in [0.29, 0.717) is 0 Å². The average Bonchev–Trinajstić information content (AvgIpc) is 2.42. The fraction of sp³-hybridized carbons (Fsp3) is 0.118. The highest BCUT2D eigenvalue weighted by Crippen LogP contribution is 2.47. The zero-order valence-electron chi connectivity index (χ0n) is 10.9. The molecule has 2 aromatic carbocycles. The lowest BCUT2D eigenvalue weighted by Gasteiger charge is -2.23. The number of ether oxygens (including phenoxy) is 1. The summed E-state index contributed by atoms with van der Waals surface area (Å²) >= 11 is 0. The van der Waals surface area contributed by atoms with Crippen molar-refractivity contribution in [1.82, 2.24) is 4.98 Å². The van der Waals surface area contributed by atoms with Gasteiger partial charge in [0.2, 0.25) is 0 Å². The minimum Gasteiger partial charge on any atom is -0.456 e. The zero-order chi connectivity index (χ0) is 13.0. The first-order valence-corrected chi connectivity index (χ1v) is 6.43. The molecule has 19 heavy (non-hydrogen) atoms. The molecule has 1 aliphatic rings. The van der Waals surface area contributed by atoms with Gasteiger partial charge in [0.1, 0.15) is 11.5 Å². The van der Waals surface area contributed by atoms with Crippen LogP contribution in [0.4, 0.5) is 0 Å². The van der Waals surface area contributed by atoms with E-state index in [1.54, 1.807) is 0 Å². The maximum Gasteiger partial charge on any atom is 0.136 e. The third kappa shape index (κ3) is 1.34. The van der Waals surface area contributed by atoms with E-state index in [1.807, 2.05) is 30.3 Å². The van der Waals surface area contributed by atoms with Crippen molar-refractivity contribution >= 4 is 10.8 Å². The molecule has 0 unspecified atom stereocenters. The summed E-state index contributed by atoms with van der Waals surface area (Å²) in [5, 5.41) is 2.36. The summed E-state index contributed by atoms with van der Waals surface area (Å²) in [5.41, 5.74) is 4.46. The number of nitrogens with zero attached hydrogens (tertiary/aromatic N) is 1. The molecule has 2 heterocycles. The van der Waals surface area contributed by atoms with Crippen LogP contribution < -0.4 is 4.74 Å². The molecule has 0 saturated heterocycles. The molecule has 0 amide bonds. The predicted molar refractivity (Wildman–Crippen MR) is 76.7 cm³/mol. The number of aryl methyl sites for hydroxylation is 2. The zero-order valence-corrected chi connectivity index (χ0v) is 10.9. The maximum absolute atomic E-state index is 6.03. The minimum atomic E-state index is 0.913. The molecule has 0 atom stereocenters. The van der Waals surface area contributed by atoms with Gasteiger partial charge in [-0.05, 0) is 26.0 Å². The molecule has 0 radical (unpaired) electrons. The Labute approximate surface area is 111 Å². The summed E-state index contributed by atoms with van der Waals surface area (Å²) in [6.45, 7) is 4.12. The van der Waals surface area contributed by atoms with Crippen molar-refractivity contribution in [3.63, 3.8) is 0 Å². The van der Waals surface area contributed by atoms with Crippen molar-refractivity contribution in [3.05, 3.63) is 53.9 Å². The number of para-hydroxylation sites is 1. The van der Waals surface area contributed by atoms with Gasteiger partial charge in [0.15, 0.2) is 0 Å². The molecule has 0 N–H and O–H groups in total. The maximum atomic E-state index is 6.03. The topological polar surface area (TPSA) is 22.1 Å². The van der Waals surface area contributed by atoms with E-state index in [9.17, 15) is 0 Å². The van der Waals surface area contributed by atoms with E-state index in [1.165, 1.54) is 16.3 Å². The van der Waals surface area contributed by atoms with Gasteiger partial charge in [0.05, 0.1) is 0 Å². The first kappa shape index (κ1) is 10.6. The van der Waals surface area contributed by atoms with E-state index in [2.05, 4.69) is 26.0 Å². The van der Waals surface area contributed by atoms with E-state index in [0.717, 1.165) is 28.5 Å². The lowest BCUT2D eigenvalue weighted by atomic mass is 9.93. The number of pyridine rings is 1. The molecule has 3 aromatic rings. The summed E-state index contributed by atoms with van der Waals surface area (Å²) < 4.78 is 6.03. The van der Waals surface area contributed by atoms with E-state index < -0.39 is 0 Å². The Morgan fingerprint density at radius 3 is 2.53 bits per heavy atom. The second-order valence-electron chi connectivity index (χ2n) is 4.93. The molecule has 92 valence electrons. The highest BCUT2D eigenvalue weighted by Gasteiger charge is 2.22. The van der Waals surface area contributed by atoms with Crippen molar-refractivity contribution in [1.29, 1.82) is 0 Å². The van der Waals surface area contributed by atoms with Gasteiger partial charge < -0.3 is 4.74 Å². The largest absolute Gasteiger partial charge is 0.456 e. The van der Waals surface area contributed by atoms with Gasteiger partial charge in [-0.15, -0.1) is 0 Å². The Kier molecular flexibility index (Phi) is 1.99. The van der Waals surface area contributed by atoms with Gasteiger partial charge in [0, 0.05) is 33.3 Å². The number of rotatable bonds is 0. The van der Waals surface area contributed by atoms with Gasteiger partial charge in [-0.2, -0.15) is 0 Å². The standard InChI is InChI=1S/C17H13NO/c1-10-12-7-5-9-15-17(12)16(11(2)18-10)13-6-3-4-8-14(13)19-15/h3-9H,1-2H3. The number of hydrogen-bond acceptors (Lipinski definition) is 2. The molecule has 1 aromatic heterocycles. The second kappa shape index (κ2) is 3.58. The Balaban J connectivity index is 2.26. The first-order chi connectivity index (χ1) is 9.25. The van der Waals surface area contributed by atoms with E-state index in [-0.39, 0.29) is 0 Å². The van der Waals surface area contributed by atoms with Crippen molar-refractivity contribution in [2.24, 2.45) is 0 Å². The van der Waals surface area contributed by atoms with Crippen LogP contribution in [0.5, 0.6) is 11.5 Å². The van der Waals surface area contributed by atoms with Crippen molar-refractivity contribution in [2.75, 3.05) is 0 Å². The summed E-state index contributed by atoms with van der Waals surface area (Å²) in [5.74, 6) is 1.84. The molecular formula is C17H13NO. The molecule has 4 rings (SSSR count). The van der Waals surface area contributed by atoms with Crippen LogP contribution in [-0.4, -0.2) is 4.98 Å². The summed E-state index contributed by atoms with van der Waals surface area (Å²) in [4.78, 5) is 4.69. The molecule has 1 aliphatic heterocycles. The van der Waals surface area contributed by atoms with Crippen LogP contribution in [0.1, 0.15) is 11.4 Å². The lowest BCUT2D eigenvalue weighted by Crippen LogP contribution is -2.01. The summed E-state index contributed by atoms with van der Waals surface area (Å²) in [6.07, 6.45) is 0. The Morgan fingerprint density at radius 2 is 1.63 bits per heavy atom. The van der Waals surface area contributed by atoms with Crippen LogP contribution in [0.25, 0.3) is 21.9 Å². The normalized spacial score (nSPS) is 12.1. The van der Waals surface area contributed by atoms with Gasteiger partial charge in [-0.25, -0.2) is 0 Å². The average molecular weight is 247 g/mol. The van der Waals surface area contributed by atoms with Crippen LogP contribution in [0.2, 0.25) is 0 Å². The number of fused-ring (bicyclic) bond motifs is 2. The predicted octanol–water partition coefficient (Wildman–Crippen LogP) is 4.62. The van der Waals surface area contributed by atoms with Crippen molar-refractivity contribution < 1.29 is 4.74 Å². The molecule has 0 bridgehead atoms. The quantitative estimate of drug-likeness (QED) is 0.452. The van der Waals surface area contributed by atoms with Gasteiger partial charge in [0.25, 0.3) is 0 Å². The van der Waals surface area contributed by atoms with E-state index in [4.69, 9.17) is 9.72 Å². The van der Waals surface area contributed by atoms with Gasteiger partial charge >= 0.3 is 0 Å². The van der Waals surface area contributed by atoms with Crippen LogP contribution >= 0.6 is 0 Å². The Bertz CT molecular complexity index is 821. The lowest BCUT2D eigenvalue weighted by molar-refractivity contribution is 0.486. The highest BCUT2D eigenvalue weighted by atomic mass is 16.5. The Morgan fingerprint density at radius 1 is 0.842 bits per heavy atom. The summed E-state index contributed by atoms with van der Waals surface area (Å²) in [6, 6.07) is 14.3. The fourth-order valence-electron chi connectivity index (χ4n) is 2.93. The smallest absolute Gasteiger partial charge is 0.136 e. The number of benzene rings is 2. The molecule has 0 saturated carbocycles. The van der Waals surface area contributed by atoms with E-state index >= 15 is 0 Å². The number of aromatic nitrogens is 1. The van der Waals surface area contributed by atoms with Crippen LogP contribution in [0, 0.1) is 13.8 Å². The summed E-state index contributed by atoms with van der Waals surface area (Å²) in [7, 11) is 0. The van der Waals surface area contributed by atoms with Gasteiger partial charge in [-0.3, -0.25) is 4.98 Å². The first-order valence-electron chi connectivity index (χ1n) is 6.43. The fourth-order valence-corrected chi connectivity index (χ4v) is 2.93. The van der Waals surface area contributed by atoms with Crippen LogP contribution in [0.15, 0.2) is 42.5 Å². The molecule has 0 spiro atoms. The van der Waals surface area contributed by atoms with Crippen LogP contribution in [0.3, 0.4) is 0 Å². The third-order valence-corrected chi connectivity index (χ3v) is 3.74. The van der Waals surface area contributed by atoms with Gasteiger partial charge in [-0.1, -0.05) is 30.3 Å². The number of hydrogen-bond donors (Lipinski definition) is 0. The highest BCUT2D eigenvalue weighted by molar-refractivity contribution is 6.05. The van der Waals surface area contributed by atoms with Crippen LogP contribution in [-0.2, 0) is 0 Å². The molecule has 2 nitrogen and oxygen atoms in total. The molecule has 2 heteroatoms. The molecular weight excluding hydrogens is 234 g/mol. The second-order valence-corrected chi connectivity index (χ2v) is 4.93. The van der Waals surface area contributed by atoms with Crippen molar-refractivity contribution in [3.8, 4) is 22.6 Å². The van der Waals surface area contributed by atoms with Crippen molar-refractivity contribution in [2.45, 2.75) is 13.8 Å². The third-order valence-electron chi connectivity index (χ3n) is 3.74. The SMILES string of the molecule is Cc1nc(C)c2cccc3c2c1-c1ccccc1O3. The molecule has 0 aliphatic carbocycles. The monoisotopic (exact) mass is 247 g/mol. The molecule has 0 fully saturated rings. The Hall–Kier alpha value is -2.35. The minimum absolute atomic E-state index is 0.913.